The number of benzene rings is 2. The average molecular weight is 390 g/mol. The maximum Gasteiger partial charge on any atom is 0.304 e. The lowest BCUT2D eigenvalue weighted by Gasteiger charge is -2.22. The number of carboxylic acid groups (broad SMARTS) is 1. The number of carbonyl (C=O) groups is 1. The van der Waals surface area contributed by atoms with E-state index in [0.717, 1.165) is 23.1 Å². The van der Waals surface area contributed by atoms with Gasteiger partial charge in [0.2, 0.25) is 0 Å². The van der Waals surface area contributed by atoms with Crippen molar-refractivity contribution in [3.63, 3.8) is 0 Å². The Bertz CT molecular complexity index is 710. The summed E-state index contributed by atoms with van der Waals surface area (Å²) in [6.07, 6.45) is 2.33. The van der Waals surface area contributed by atoms with Gasteiger partial charge in [0.15, 0.2) is 0 Å². The van der Waals surface area contributed by atoms with Crippen LogP contribution in [-0.2, 0) is 4.79 Å². The van der Waals surface area contributed by atoms with Gasteiger partial charge in [-0.05, 0) is 29.5 Å². The molecule has 0 aromatic heterocycles. The maximum absolute atomic E-state index is 13.7. The first-order chi connectivity index (χ1) is 12.6. The van der Waals surface area contributed by atoms with Crippen LogP contribution in [0, 0.1) is 0 Å². The molecule has 2 aromatic carbocycles. The molecule has 0 amide bonds. The second-order valence-electron chi connectivity index (χ2n) is 6.72. The molecule has 3 rings (SSSR count). The van der Waals surface area contributed by atoms with Gasteiger partial charge in [-0.3, -0.25) is 9.69 Å². The molecule has 0 unspecified atom stereocenters. The van der Waals surface area contributed by atoms with E-state index >= 15 is 0 Å². The fourth-order valence-corrected chi connectivity index (χ4v) is 3.62. The highest BCUT2D eigenvalue weighted by Gasteiger charge is 2.32. The van der Waals surface area contributed by atoms with Gasteiger partial charge < -0.3 is 5.11 Å². The molecule has 0 radical (unpaired) electrons. The first-order valence-corrected chi connectivity index (χ1v) is 9.04. The molecule has 1 saturated heterocycles. The van der Waals surface area contributed by atoms with Crippen LogP contribution < -0.4 is 0 Å². The number of hydrogen-bond donors (Lipinski definition) is 1. The smallest absolute Gasteiger partial charge is 0.304 e. The second kappa shape index (κ2) is 10.2. The van der Waals surface area contributed by atoms with Crippen molar-refractivity contribution >= 4 is 23.9 Å². The molecular formula is C22H25ClFNO2. The van der Waals surface area contributed by atoms with Gasteiger partial charge in [0.25, 0.3) is 0 Å². The third-order valence-corrected chi connectivity index (χ3v) is 4.82. The van der Waals surface area contributed by atoms with Gasteiger partial charge in [-0.2, -0.15) is 0 Å². The largest absolute Gasteiger partial charge is 0.481 e. The highest BCUT2D eigenvalue weighted by atomic mass is 35.5. The predicted molar refractivity (Wildman–Crippen MR) is 109 cm³/mol. The first-order valence-electron chi connectivity index (χ1n) is 9.04. The summed E-state index contributed by atoms with van der Waals surface area (Å²) in [4.78, 5) is 13.0. The van der Waals surface area contributed by atoms with Gasteiger partial charge in [-0.1, -0.05) is 66.7 Å². The van der Waals surface area contributed by atoms with Gasteiger partial charge in [-0.15, -0.1) is 12.4 Å². The SMILES string of the molecule is Cl.O=C(O)C[C@H]1C[C@H](F)CN1CCC=C(c1ccccc1)c1ccccc1. The molecule has 0 saturated carbocycles. The van der Waals surface area contributed by atoms with Crippen LogP contribution in [-0.4, -0.2) is 41.3 Å². The van der Waals surface area contributed by atoms with Gasteiger partial charge in [-0.25, -0.2) is 4.39 Å². The van der Waals surface area contributed by atoms with Crippen molar-refractivity contribution in [1.82, 2.24) is 4.90 Å². The zero-order valence-corrected chi connectivity index (χ0v) is 15.9. The molecule has 0 bridgehead atoms. The van der Waals surface area contributed by atoms with Gasteiger partial charge >= 0.3 is 5.97 Å². The second-order valence-corrected chi connectivity index (χ2v) is 6.72. The maximum atomic E-state index is 13.7. The summed E-state index contributed by atoms with van der Waals surface area (Å²) in [6, 6.07) is 20.2. The quantitative estimate of drug-likeness (QED) is 0.738. The molecule has 0 aliphatic carbocycles. The van der Waals surface area contributed by atoms with E-state index < -0.39 is 12.1 Å². The van der Waals surface area contributed by atoms with Gasteiger partial charge in [0.1, 0.15) is 6.17 Å². The lowest BCUT2D eigenvalue weighted by Crippen LogP contribution is -2.32. The van der Waals surface area contributed by atoms with Crippen molar-refractivity contribution in [2.24, 2.45) is 0 Å². The van der Waals surface area contributed by atoms with E-state index in [4.69, 9.17) is 5.11 Å². The Balaban J connectivity index is 0.00000261. The number of rotatable bonds is 7. The summed E-state index contributed by atoms with van der Waals surface area (Å²) in [6.45, 7) is 0.999. The minimum Gasteiger partial charge on any atom is -0.481 e. The Morgan fingerprint density at radius 3 is 2.15 bits per heavy atom. The fourth-order valence-electron chi connectivity index (χ4n) is 3.62. The van der Waals surface area contributed by atoms with Gasteiger partial charge in [0.05, 0.1) is 6.42 Å². The molecule has 0 spiro atoms. The third-order valence-electron chi connectivity index (χ3n) is 4.82. The van der Waals surface area contributed by atoms with E-state index in [9.17, 15) is 9.18 Å². The Kier molecular flexibility index (Phi) is 8.01. The molecule has 2 atom stereocenters. The summed E-state index contributed by atoms with van der Waals surface area (Å²) in [5.41, 5.74) is 3.44. The van der Waals surface area contributed by atoms with Crippen molar-refractivity contribution < 1.29 is 14.3 Å². The van der Waals surface area contributed by atoms with E-state index in [0.29, 0.717) is 19.5 Å². The van der Waals surface area contributed by atoms with Crippen molar-refractivity contribution in [1.29, 1.82) is 0 Å². The predicted octanol–water partition coefficient (Wildman–Crippen LogP) is 4.82. The van der Waals surface area contributed by atoms with Gasteiger partial charge in [0, 0.05) is 19.1 Å². The number of nitrogens with zero attached hydrogens (tertiary/aromatic N) is 1. The van der Waals surface area contributed by atoms with Crippen LogP contribution >= 0.6 is 12.4 Å². The normalized spacial score (nSPS) is 19.3. The van der Waals surface area contributed by atoms with Crippen molar-refractivity contribution in [3.8, 4) is 0 Å². The Hall–Kier alpha value is -2.17. The number of alkyl halides is 1. The Morgan fingerprint density at radius 1 is 1.07 bits per heavy atom. The highest BCUT2D eigenvalue weighted by Crippen LogP contribution is 2.26. The zero-order chi connectivity index (χ0) is 18.4. The topological polar surface area (TPSA) is 40.5 Å². The van der Waals surface area contributed by atoms with E-state index in [1.54, 1.807) is 0 Å². The molecule has 144 valence electrons. The van der Waals surface area contributed by atoms with Crippen molar-refractivity contribution in [2.75, 3.05) is 13.1 Å². The number of halogens is 2. The molecule has 27 heavy (non-hydrogen) atoms. The van der Waals surface area contributed by atoms with E-state index in [-0.39, 0.29) is 24.9 Å². The van der Waals surface area contributed by atoms with Crippen molar-refractivity contribution in [2.45, 2.75) is 31.5 Å². The Morgan fingerprint density at radius 2 is 1.63 bits per heavy atom. The fraction of sp³-hybridized carbons (Fsp3) is 0.318. The highest BCUT2D eigenvalue weighted by molar-refractivity contribution is 5.85. The summed E-state index contributed by atoms with van der Waals surface area (Å²) in [5, 5.41) is 9.03. The minimum atomic E-state index is -0.925. The average Bonchev–Trinajstić information content (AvgIpc) is 2.98. The summed E-state index contributed by atoms with van der Waals surface area (Å²) >= 11 is 0. The van der Waals surface area contributed by atoms with E-state index in [1.807, 2.05) is 41.3 Å². The molecule has 1 fully saturated rings. The third kappa shape index (κ3) is 5.91. The summed E-state index contributed by atoms with van der Waals surface area (Å²) in [5.74, 6) is -0.862. The number of hydrogen-bond acceptors (Lipinski definition) is 2. The molecule has 1 heterocycles. The summed E-state index contributed by atoms with van der Waals surface area (Å²) in [7, 11) is 0. The molecule has 1 N–H and O–H groups in total. The van der Waals surface area contributed by atoms with Crippen LogP contribution in [0.15, 0.2) is 66.7 Å². The van der Waals surface area contributed by atoms with Crippen LogP contribution in [0.3, 0.4) is 0 Å². The minimum absolute atomic E-state index is 0. The van der Waals surface area contributed by atoms with Crippen LogP contribution in [0.4, 0.5) is 4.39 Å². The van der Waals surface area contributed by atoms with Crippen molar-refractivity contribution in [3.05, 3.63) is 77.9 Å². The zero-order valence-electron chi connectivity index (χ0n) is 15.1. The monoisotopic (exact) mass is 389 g/mol. The van der Waals surface area contributed by atoms with Crippen LogP contribution in [0.25, 0.3) is 5.57 Å². The molecule has 2 aromatic rings. The lowest BCUT2D eigenvalue weighted by molar-refractivity contribution is -0.138. The lowest BCUT2D eigenvalue weighted by atomic mass is 9.97. The van der Waals surface area contributed by atoms with Crippen LogP contribution in [0.1, 0.15) is 30.4 Å². The van der Waals surface area contributed by atoms with E-state index in [2.05, 4.69) is 30.3 Å². The van der Waals surface area contributed by atoms with E-state index in [1.165, 1.54) is 0 Å². The van der Waals surface area contributed by atoms with Crippen LogP contribution in [0.5, 0.6) is 0 Å². The number of carboxylic acids is 1. The standard InChI is InChI=1S/C22H24FNO2.ClH/c23-19-14-20(15-22(25)26)24(16-19)13-7-12-21(17-8-3-1-4-9-17)18-10-5-2-6-11-18;/h1-6,8-12,19-20H,7,13-16H2,(H,25,26);1H/t19-,20+;/m0./s1. The molecule has 1 aliphatic heterocycles. The molecule has 1 aliphatic rings. The number of likely N-dealkylation sites (tertiary alicyclic amines) is 1. The number of aliphatic carboxylic acids is 1. The molecule has 5 heteroatoms. The summed E-state index contributed by atoms with van der Waals surface area (Å²) < 4.78 is 13.7. The molecule has 3 nitrogen and oxygen atoms in total. The molecular weight excluding hydrogens is 365 g/mol. The Labute approximate surface area is 165 Å². The van der Waals surface area contributed by atoms with Crippen LogP contribution in [0.2, 0.25) is 0 Å². The first kappa shape index (κ1) is 21.1.